The summed E-state index contributed by atoms with van der Waals surface area (Å²) in [5, 5.41) is 13.5. The van der Waals surface area contributed by atoms with Gasteiger partial charge in [-0.1, -0.05) is 28.9 Å². The molecule has 0 atom stereocenters. The lowest BCUT2D eigenvalue weighted by molar-refractivity contribution is 0.0599. The summed E-state index contributed by atoms with van der Waals surface area (Å²) in [5.41, 5.74) is -0.0516. The second-order valence-corrected chi connectivity index (χ2v) is 5.64. The number of nitrogens with zero attached hydrogens (tertiary/aromatic N) is 4. The van der Waals surface area contributed by atoms with Crippen molar-refractivity contribution in [3.8, 4) is 17.5 Å². The monoisotopic (exact) mass is 370 g/mol. The highest BCUT2D eigenvalue weighted by molar-refractivity contribution is 6.30. The Balaban J connectivity index is 1.96. The lowest BCUT2D eigenvalue weighted by Crippen LogP contribution is -2.24. The van der Waals surface area contributed by atoms with Crippen LogP contribution in [0.5, 0.6) is 0 Å². The maximum absolute atomic E-state index is 12.3. The number of pyridine rings is 1. The molecule has 26 heavy (non-hydrogen) atoms. The van der Waals surface area contributed by atoms with Crippen LogP contribution in [0.2, 0.25) is 5.02 Å². The summed E-state index contributed by atoms with van der Waals surface area (Å²) < 4.78 is 10.9. The Morgan fingerprint density at radius 3 is 2.92 bits per heavy atom. The van der Waals surface area contributed by atoms with E-state index in [1.165, 1.54) is 19.4 Å². The van der Waals surface area contributed by atoms with E-state index in [0.29, 0.717) is 16.4 Å². The van der Waals surface area contributed by atoms with Gasteiger partial charge in [-0.3, -0.25) is 4.79 Å². The quantitative estimate of drug-likeness (QED) is 0.647. The smallest absolute Gasteiger partial charge is 0.339 e. The van der Waals surface area contributed by atoms with Crippen molar-refractivity contribution in [1.82, 2.24) is 14.7 Å². The maximum atomic E-state index is 12.3. The number of ether oxygens (including phenoxy) is 1. The summed E-state index contributed by atoms with van der Waals surface area (Å²) >= 11 is 5.94. The molecule has 1 aromatic carbocycles. The normalized spacial score (nSPS) is 10.3. The largest absolute Gasteiger partial charge is 0.465 e. The lowest BCUT2D eigenvalue weighted by atomic mass is 10.2. The fourth-order valence-electron chi connectivity index (χ4n) is 2.27. The van der Waals surface area contributed by atoms with E-state index in [9.17, 15) is 9.59 Å². The van der Waals surface area contributed by atoms with Crippen LogP contribution < -0.4 is 5.56 Å². The number of benzene rings is 1. The van der Waals surface area contributed by atoms with E-state index in [-0.39, 0.29) is 23.6 Å². The number of rotatable bonds is 4. The molecule has 8 nitrogen and oxygen atoms in total. The third-order valence-electron chi connectivity index (χ3n) is 3.48. The van der Waals surface area contributed by atoms with Crippen molar-refractivity contribution in [2.75, 3.05) is 7.11 Å². The molecular weight excluding hydrogens is 360 g/mol. The average molecular weight is 371 g/mol. The summed E-state index contributed by atoms with van der Waals surface area (Å²) in [5.74, 6) is -0.228. The van der Waals surface area contributed by atoms with Crippen LogP contribution in [0.25, 0.3) is 11.4 Å². The van der Waals surface area contributed by atoms with Crippen LogP contribution in [-0.4, -0.2) is 27.8 Å². The highest BCUT2D eigenvalue weighted by Gasteiger charge is 2.15. The first-order chi connectivity index (χ1) is 12.5. The molecule has 0 aliphatic heterocycles. The molecule has 0 radical (unpaired) electrons. The van der Waals surface area contributed by atoms with Crippen LogP contribution in [-0.2, 0) is 11.3 Å². The first-order valence-electron chi connectivity index (χ1n) is 7.33. The zero-order chi connectivity index (χ0) is 18.7. The highest BCUT2D eigenvalue weighted by Crippen LogP contribution is 2.20. The molecular formula is C17H11ClN4O4. The fourth-order valence-corrected chi connectivity index (χ4v) is 2.46. The van der Waals surface area contributed by atoms with E-state index >= 15 is 0 Å². The minimum absolute atomic E-state index is 0.0678. The average Bonchev–Trinajstić information content (AvgIpc) is 3.11. The van der Waals surface area contributed by atoms with E-state index < -0.39 is 11.5 Å². The number of nitriles is 1. The molecule has 130 valence electrons. The SMILES string of the molecule is COC(=O)c1cc(C#N)c(=O)n(Cc2nc(-c3cccc(Cl)c3)no2)c1. The Bertz CT molecular complexity index is 1080. The predicted octanol–water partition coefficient (Wildman–Crippen LogP) is 2.26. The summed E-state index contributed by atoms with van der Waals surface area (Å²) in [4.78, 5) is 28.2. The van der Waals surface area contributed by atoms with Gasteiger partial charge in [0, 0.05) is 16.8 Å². The lowest BCUT2D eigenvalue weighted by Gasteiger charge is -2.06. The van der Waals surface area contributed by atoms with Crippen LogP contribution in [0.15, 0.2) is 45.8 Å². The Morgan fingerprint density at radius 1 is 1.42 bits per heavy atom. The van der Waals surface area contributed by atoms with Crippen molar-refractivity contribution in [2.45, 2.75) is 6.54 Å². The zero-order valence-electron chi connectivity index (χ0n) is 13.5. The molecule has 3 aromatic rings. The van der Waals surface area contributed by atoms with Gasteiger partial charge in [0.15, 0.2) is 0 Å². The molecule has 0 bridgehead atoms. The number of aromatic nitrogens is 3. The standard InChI is InChI=1S/C17H11ClN4O4/c1-25-17(24)12-5-11(7-19)16(23)22(8-12)9-14-20-15(21-26-14)10-3-2-4-13(18)6-10/h2-6,8H,9H2,1H3. The number of esters is 1. The maximum Gasteiger partial charge on any atom is 0.339 e. The number of methoxy groups -OCH3 is 1. The van der Waals surface area contributed by atoms with Gasteiger partial charge < -0.3 is 13.8 Å². The molecule has 0 saturated carbocycles. The topological polar surface area (TPSA) is 111 Å². The molecule has 2 heterocycles. The molecule has 0 saturated heterocycles. The highest BCUT2D eigenvalue weighted by atomic mass is 35.5. The minimum atomic E-state index is -0.666. The van der Waals surface area contributed by atoms with Crippen molar-refractivity contribution in [3.05, 3.63) is 68.9 Å². The Kier molecular flexibility index (Phi) is 4.82. The van der Waals surface area contributed by atoms with Gasteiger partial charge in [0.05, 0.1) is 12.7 Å². The van der Waals surface area contributed by atoms with Crippen molar-refractivity contribution >= 4 is 17.6 Å². The van der Waals surface area contributed by atoms with E-state index in [2.05, 4.69) is 14.9 Å². The number of hydrogen-bond donors (Lipinski definition) is 0. The zero-order valence-corrected chi connectivity index (χ0v) is 14.2. The third kappa shape index (κ3) is 3.48. The first-order valence-corrected chi connectivity index (χ1v) is 7.71. The second kappa shape index (κ2) is 7.21. The van der Waals surface area contributed by atoms with Crippen molar-refractivity contribution in [1.29, 1.82) is 5.26 Å². The number of halogens is 1. The Labute approximate surface area is 152 Å². The first kappa shape index (κ1) is 17.4. The Morgan fingerprint density at radius 2 is 2.23 bits per heavy atom. The van der Waals surface area contributed by atoms with Crippen LogP contribution in [0.3, 0.4) is 0 Å². The molecule has 0 aliphatic rings. The van der Waals surface area contributed by atoms with E-state index in [1.807, 2.05) is 0 Å². The van der Waals surface area contributed by atoms with E-state index in [0.717, 1.165) is 4.57 Å². The number of carbonyl (C=O) groups is 1. The van der Waals surface area contributed by atoms with Crippen LogP contribution in [0.4, 0.5) is 0 Å². The number of carbonyl (C=O) groups excluding carboxylic acids is 1. The molecule has 3 rings (SSSR count). The Hall–Kier alpha value is -3.44. The van der Waals surface area contributed by atoms with Crippen LogP contribution >= 0.6 is 11.6 Å². The molecule has 0 N–H and O–H groups in total. The summed E-state index contributed by atoms with van der Waals surface area (Å²) in [7, 11) is 1.21. The van der Waals surface area contributed by atoms with Gasteiger partial charge in [0.2, 0.25) is 11.7 Å². The predicted molar refractivity (Wildman–Crippen MR) is 90.6 cm³/mol. The molecule has 2 aromatic heterocycles. The summed E-state index contributed by atoms with van der Waals surface area (Å²) in [6.07, 6.45) is 1.28. The van der Waals surface area contributed by atoms with Crippen molar-refractivity contribution in [3.63, 3.8) is 0 Å². The van der Waals surface area contributed by atoms with Gasteiger partial charge in [0.25, 0.3) is 5.56 Å². The summed E-state index contributed by atoms with van der Waals surface area (Å²) in [6.45, 7) is -0.105. The van der Waals surface area contributed by atoms with Crippen molar-refractivity contribution < 1.29 is 14.1 Å². The fraction of sp³-hybridized carbons (Fsp3) is 0.118. The molecule has 0 unspecified atom stereocenters. The minimum Gasteiger partial charge on any atom is -0.465 e. The molecule has 0 spiro atoms. The number of hydrogen-bond acceptors (Lipinski definition) is 7. The van der Waals surface area contributed by atoms with Gasteiger partial charge in [0.1, 0.15) is 18.2 Å². The van der Waals surface area contributed by atoms with Gasteiger partial charge in [-0.2, -0.15) is 10.2 Å². The van der Waals surface area contributed by atoms with Gasteiger partial charge >= 0.3 is 5.97 Å². The van der Waals surface area contributed by atoms with Crippen LogP contribution in [0, 0.1) is 11.3 Å². The molecule has 0 amide bonds. The molecule has 0 fully saturated rings. The van der Waals surface area contributed by atoms with Gasteiger partial charge in [-0.15, -0.1) is 0 Å². The van der Waals surface area contributed by atoms with Gasteiger partial charge in [-0.25, -0.2) is 4.79 Å². The van der Waals surface area contributed by atoms with Crippen LogP contribution in [0.1, 0.15) is 21.8 Å². The van der Waals surface area contributed by atoms with E-state index in [1.54, 1.807) is 30.3 Å². The molecule has 0 aliphatic carbocycles. The third-order valence-corrected chi connectivity index (χ3v) is 3.72. The van der Waals surface area contributed by atoms with Gasteiger partial charge in [-0.05, 0) is 18.2 Å². The van der Waals surface area contributed by atoms with E-state index in [4.69, 9.17) is 21.4 Å². The molecule has 9 heteroatoms. The second-order valence-electron chi connectivity index (χ2n) is 5.20. The van der Waals surface area contributed by atoms with Crippen molar-refractivity contribution in [2.24, 2.45) is 0 Å². The summed E-state index contributed by atoms with van der Waals surface area (Å²) in [6, 6.07) is 9.83.